The van der Waals surface area contributed by atoms with E-state index in [1.807, 2.05) is 0 Å². The predicted octanol–water partition coefficient (Wildman–Crippen LogP) is 1.53. The summed E-state index contributed by atoms with van der Waals surface area (Å²) in [6, 6.07) is 7.29. The SMILES string of the molecule is CCC1C(=O)N(CCS(=O)(=O)F)C(=O)N1c1ccccc1. The second-order valence-electron chi connectivity index (χ2n) is 4.65. The van der Waals surface area contributed by atoms with Crippen LogP contribution in [0.2, 0.25) is 0 Å². The van der Waals surface area contributed by atoms with E-state index in [0.29, 0.717) is 12.1 Å². The molecule has 1 heterocycles. The van der Waals surface area contributed by atoms with Crippen LogP contribution in [0.25, 0.3) is 0 Å². The molecule has 1 fully saturated rings. The lowest BCUT2D eigenvalue weighted by atomic mass is 10.2. The van der Waals surface area contributed by atoms with Crippen molar-refractivity contribution in [3.8, 4) is 0 Å². The van der Waals surface area contributed by atoms with Gasteiger partial charge in [-0.3, -0.25) is 14.6 Å². The monoisotopic (exact) mass is 314 g/mol. The van der Waals surface area contributed by atoms with Crippen LogP contribution in [-0.2, 0) is 15.0 Å². The second kappa shape index (κ2) is 5.80. The van der Waals surface area contributed by atoms with Gasteiger partial charge in [0.15, 0.2) is 0 Å². The van der Waals surface area contributed by atoms with Gasteiger partial charge in [0.05, 0.1) is 5.75 Å². The average Bonchev–Trinajstić information content (AvgIpc) is 2.67. The zero-order chi connectivity index (χ0) is 15.6. The van der Waals surface area contributed by atoms with Crippen molar-refractivity contribution >= 4 is 27.8 Å². The number of halogens is 1. The van der Waals surface area contributed by atoms with Gasteiger partial charge in [-0.05, 0) is 18.6 Å². The topological polar surface area (TPSA) is 74.8 Å². The summed E-state index contributed by atoms with van der Waals surface area (Å²) in [4.78, 5) is 26.6. The molecule has 1 unspecified atom stereocenters. The Balaban J connectivity index is 2.27. The number of anilines is 1. The zero-order valence-corrected chi connectivity index (χ0v) is 12.2. The van der Waals surface area contributed by atoms with Crippen molar-refractivity contribution in [1.29, 1.82) is 0 Å². The summed E-state index contributed by atoms with van der Waals surface area (Å²) in [5.74, 6) is -1.39. The second-order valence-corrected chi connectivity index (χ2v) is 6.13. The van der Waals surface area contributed by atoms with Crippen LogP contribution in [0.5, 0.6) is 0 Å². The maximum Gasteiger partial charge on any atom is 0.332 e. The van der Waals surface area contributed by atoms with Crippen molar-refractivity contribution in [1.82, 2.24) is 4.90 Å². The normalized spacial score (nSPS) is 19.4. The van der Waals surface area contributed by atoms with Gasteiger partial charge in [0, 0.05) is 12.2 Å². The Morgan fingerprint density at radius 3 is 2.33 bits per heavy atom. The highest BCUT2D eigenvalue weighted by Gasteiger charge is 2.44. The molecule has 114 valence electrons. The lowest BCUT2D eigenvalue weighted by molar-refractivity contribution is -0.127. The third kappa shape index (κ3) is 3.21. The molecule has 0 aliphatic carbocycles. The van der Waals surface area contributed by atoms with Crippen molar-refractivity contribution < 1.29 is 21.9 Å². The van der Waals surface area contributed by atoms with Gasteiger partial charge in [0.1, 0.15) is 6.04 Å². The number of hydrogen-bond acceptors (Lipinski definition) is 4. The van der Waals surface area contributed by atoms with Gasteiger partial charge in [-0.2, -0.15) is 8.42 Å². The van der Waals surface area contributed by atoms with E-state index in [9.17, 15) is 21.9 Å². The standard InChI is InChI=1S/C13H15FN2O4S/c1-2-11-12(17)15(8-9-21(14,19)20)13(18)16(11)10-6-4-3-5-7-10/h3-7,11H,2,8-9H2,1H3. The van der Waals surface area contributed by atoms with Crippen molar-refractivity contribution in [3.63, 3.8) is 0 Å². The number of amides is 3. The summed E-state index contributed by atoms with van der Waals surface area (Å²) in [5.41, 5.74) is 0.549. The molecule has 6 nitrogen and oxygen atoms in total. The minimum absolute atomic E-state index is 0.387. The lowest BCUT2D eigenvalue weighted by Crippen LogP contribution is -2.36. The van der Waals surface area contributed by atoms with Gasteiger partial charge in [0.2, 0.25) is 0 Å². The van der Waals surface area contributed by atoms with E-state index in [-0.39, 0.29) is 0 Å². The highest BCUT2D eigenvalue weighted by atomic mass is 32.3. The van der Waals surface area contributed by atoms with Crippen LogP contribution in [0.4, 0.5) is 14.4 Å². The van der Waals surface area contributed by atoms with Crippen LogP contribution in [0, 0.1) is 0 Å². The third-order valence-electron chi connectivity index (χ3n) is 3.28. The van der Waals surface area contributed by atoms with Gasteiger partial charge in [-0.25, -0.2) is 4.79 Å². The first-order valence-corrected chi connectivity index (χ1v) is 8.02. The minimum Gasteiger partial charge on any atom is -0.281 e. The highest BCUT2D eigenvalue weighted by Crippen LogP contribution is 2.27. The summed E-state index contributed by atoms with van der Waals surface area (Å²) < 4.78 is 33.8. The molecule has 1 atom stereocenters. The lowest BCUT2D eigenvalue weighted by Gasteiger charge is -2.20. The summed E-state index contributed by atoms with van der Waals surface area (Å²) in [6.07, 6.45) is 0.387. The molecule has 2 rings (SSSR count). The van der Waals surface area contributed by atoms with Gasteiger partial charge >= 0.3 is 16.3 Å². The fraction of sp³-hybridized carbons (Fsp3) is 0.385. The molecule has 0 aromatic heterocycles. The number of hydrogen-bond donors (Lipinski definition) is 0. The van der Waals surface area contributed by atoms with Gasteiger partial charge < -0.3 is 0 Å². The smallest absolute Gasteiger partial charge is 0.281 e. The number of carbonyl (C=O) groups excluding carboxylic acids is 2. The summed E-state index contributed by atoms with van der Waals surface area (Å²) >= 11 is 0. The molecule has 1 aromatic rings. The minimum atomic E-state index is -4.73. The predicted molar refractivity (Wildman–Crippen MR) is 75.0 cm³/mol. The molecule has 0 radical (unpaired) electrons. The molecule has 1 aromatic carbocycles. The van der Waals surface area contributed by atoms with E-state index >= 15 is 0 Å². The quantitative estimate of drug-likeness (QED) is 0.610. The number of carbonyl (C=O) groups is 2. The van der Waals surface area contributed by atoms with Crippen LogP contribution >= 0.6 is 0 Å². The first kappa shape index (κ1) is 15.4. The Morgan fingerprint density at radius 1 is 1.19 bits per heavy atom. The van der Waals surface area contributed by atoms with E-state index in [2.05, 4.69) is 0 Å². The third-order valence-corrected chi connectivity index (χ3v) is 3.95. The molecule has 21 heavy (non-hydrogen) atoms. The largest absolute Gasteiger partial charge is 0.332 e. The summed E-state index contributed by atoms with van der Waals surface area (Å²) in [7, 11) is -4.73. The fourth-order valence-electron chi connectivity index (χ4n) is 2.29. The number of urea groups is 1. The number of para-hydroxylation sites is 1. The average molecular weight is 314 g/mol. The molecule has 1 saturated heterocycles. The van der Waals surface area contributed by atoms with Crippen molar-refractivity contribution in [3.05, 3.63) is 30.3 Å². The molecule has 1 aliphatic heterocycles. The van der Waals surface area contributed by atoms with E-state index in [1.54, 1.807) is 37.3 Å². The Kier molecular flexibility index (Phi) is 4.26. The van der Waals surface area contributed by atoms with Gasteiger partial charge in [-0.1, -0.05) is 25.1 Å². The molecule has 8 heteroatoms. The number of rotatable bonds is 5. The van der Waals surface area contributed by atoms with Crippen LogP contribution in [0.15, 0.2) is 30.3 Å². The molecule has 0 saturated carbocycles. The summed E-state index contributed by atoms with van der Waals surface area (Å²) in [6.45, 7) is 1.28. The maximum atomic E-state index is 12.6. The number of imide groups is 1. The van der Waals surface area contributed by atoms with Crippen LogP contribution in [0.1, 0.15) is 13.3 Å². The van der Waals surface area contributed by atoms with Gasteiger partial charge in [0.25, 0.3) is 5.91 Å². The molecular formula is C13H15FN2O4S. The zero-order valence-electron chi connectivity index (χ0n) is 11.4. The molecule has 0 N–H and O–H groups in total. The number of benzene rings is 1. The van der Waals surface area contributed by atoms with Crippen molar-refractivity contribution in [2.24, 2.45) is 0 Å². The van der Waals surface area contributed by atoms with E-state index in [1.165, 1.54) is 4.90 Å². The molecule has 0 spiro atoms. The molecule has 0 bridgehead atoms. The molecule has 1 aliphatic rings. The summed E-state index contributed by atoms with van der Waals surface area (Å²) in [5, 5.41) is 0. The van der Waals surface area contributed by atoms with Crippen molar-refractivity contribution in [2.75, 3.05) is 17.2 Å². The van der Waals surface area contributed by atoms with Crippen LogP contribution in [-0.4, -0.2) is 43.6 Å². The molecule has 3 amide bonds. The van der Waals surface area contributed by atoms with Gasteiger partial charge in [-0.15, -0.1) is 3.89 Å². The van der Waals surface area contributed by atoms with E-state index in [4.69, 9.17) is 0 Å². The van der Waals surface area contributed by atoms with E-state index < -0.39 is 40.5 Å². The first-order chi connectivity index (χ1) is 9.85. The van der Waals surface area contributed by atoms with Crippen LogP contribution < -0.4 is 4.90 Å². The Labute approximate surface area is 122 Å². The van der Waals surface area contributed by atoms with Crippen LogP contribution in [0.3, 0.4) is 0 Å². The Bertz CT molecular complexity index is 647. The Morgan fingerprint density at radius 2 is 1.81 bits per heavy atom. The maximum absolute atomic E-state index is 12.6. The fourth-order valence-corrected chi connectivity index (χ4v) is 2.69. The van der Waals surface area contributed by atoms with Crippen molar-refractivity contribution in [2.45, 2.75) is 19.4 Å². The first-order valence-electron chi connectivity index (χ1n) is 6.47. The highest BCUT2D eigenvalue weighted by molar-refractivity contribution is 7.86. The Hall–Kier alpha value is -1.96. The molecular weight excluding hydrogens is 299 g/mol. The van der Waals surface area contributed by atoms with E-state index in [0.717, 1.165) is 4.90 Å². The number of nitrogens with zero attached hydrogens (tertiary/aromatic N) is 2.